The molecule has 6 heteroatoms. The summed E-state index contributed by atoms with van der Waals surface area (Å²) in [4.78, 5) is 13.9. The van der Waals surface area contributed by atoms with Crippen molar-refractivity contribution >= 4 is 27.5 Å². The first-order valence-electron chi connectivity index (χ1n) is 6.52. The Hall–Kier alpha value is -1.11. The topological polar surface area (TPSA) is 75.8 Å². The van der Waals surface area contributed by atoms with Gasteiger partial charge in [0.25, 0.3) is 5.91 Å². The van der Waals surface area contributed by atoms with E-state index in [9.17, 15) is 9.90 Å². The molecule has 1 fully saturated rings. The second-order valence-electron chi connectivity index (χ2n) is 5.23. The minimum atomic E-state index is -0.868. The number of halogens is 1. The number of nitrogen functional groups attached to an aromatic ring is 1. The van der Waals surface area contributed by atoms with Crippen LogP contribution in [0.4, 0.5) is 5.69 Å². The molecule has 0 bridgehead atoms. The highest BCUT2D eigenvalue weighted by Gasteiger charge is 2.32. The van der Waals surface area contributed by atoms with Gasteiger partial charge in [0.2, 0.25) is 0 Å². The van der Waals surface area contributed by atoms with Crippen molar-refractivity contribution < 1.29 is 14.6 Å². The highest BCUT2D eigenvalue weighted by molar-refractivity contribution is 9.10. The molecule has 1 aromatic carbocycles. The first kappa shape index (κ1) is 15.3. The molecule has 0 spiro atoms. The average molecular weight is 343 g/mol. The van der Waals surface area contributed by atoms with Crippen LogP contribution in [0.25, 0.3) is 0 Å². The average Bonchev–Trinajstić information content (AvgIpc) is 2.38. The maximum atomic E-state index is 12.4. The number of carbonyl (C=O) groups excluding carboxylic acids is 1. The Balaban J connectivity index is 2.08. The molecule has 0 aliphatic carbocycles. The summed E-state index contributed by atoms with van der Waals surface area (Å²) in [5.74, 6) is -0.185. The second-order valence-corrected chi connectivity index (χ2v) is 6.15. The van der Waals surface area contributed by atoms with E-state index in [0.29, 0.717) is 37.3 Å². The van der Waals surface area contributed by atoms with Crippen LogP contribution in [-0.4, -0.2) is 48.3 Å². The van der Waals surface area contributed by atoms with Gasteiger partial charge in [-0.1, -0.05) is 15.9 Å². The lowest BCUT2D eigenvalue weighted by Gasteiger charge is -2.35. The Labute approximate surface area is 126 Å². The van der Waals surface area contributed by atoms with Crippen molar-refractivity contribution in [1.82, 2.24) is 4.90 Å². The molecular formula is C14H19BrN2O3. The zero-order chi connectivity index (χ0) is 14.8. The van der Waals surface area contributed by atoms with Gasteiger partial charge in [0.1, 0.15) is 0 Å². The molecule has 110 valence electrons. The Kier molecular flexibility index (Phi) is 4.67. The van der Waals surface area contributed by atoms with Gasteiger partial charge >= 0.3 is 0 Å². The van der Waals surface area contributed by atoms with Gasteiger partial charge in [-0.05, 0) is 18.2 Å². The van der Waals surface area contributed by atoms with E-state index in [1.165, 1.54) is 4.90 Å². The molecule has 0 aromatic heterocycles. The van der Waals surface area contributed by atoms with Gasteiger partial charge in [-0.2, -0.15) is 0 Å². The number of benzene rings is 1. The van der Waals surface area contributed by atoms with Gasteiger partial charge in [0.05, 0.1) is 11.2 Å². The van der Waals surface area contributed by atoms with Crippen molar-refractivity contribution in [1.29, 1.82) is 0 Å². The van der Waals surface area contributed by atoms with E-state index in [1.807, 2.05) is 0 Å². The fourth-order valence-corrected chi connectivity index (χ4v) is 2.74. The number of aliphatic hydroxyl groups is 1. The van der Waals surface area contributed by atoms with Crippen LogP contribution in [0.5, 0.6) is 0 Å². The lowest BCUT2D eigenvalue weighted by Crippen LogP contribution is -2.47. The summed E-state index contributed by atoms with van der Waals surface area (Å²) in [5, 5.41) is 10.4. The van der Waals surface area contributed by atoms with E-state index in [4.69, 9.17) is 10.5 Å². The number of amides is 1. The smallest absolute Gasteiger partial charge is 0.255 e. The summed E-state index contributed by atoms with van der Waals surface area (Å²) >= 11 is 3.31. The number of anilines is 1. The van der Waals surface area contributed by atoms with Crippen LogP contribution in [0.3, 0.4) is 0 Å². The van der Waals surface area contributed by atoms with E-state index in [-0.39, 0.29) is 12.5 Å². The largest absolute Gasteiger partial charge is 0.398 e. The number of ether oxygens (including phenoxy) is 1. The molecule has 0 saturated carbocycles. The highest BCUT2D eigenvalue weighted by Crippen LogP contribution is 2.24. The summed E-state index contributed by atoms with van der Waals surface area (Å²) < 4.78 is 6.07. The SMILES string of the molecule is CN(CC1(O)CCOCC1)C(=O)c1ccc(Br)cc1N. The van der Waals surface area contributed by atoms with E-state index < -0.39 is 5.60 Å². The van der Waals surface area contributed by atoms with Crippen LogP contribution in [-0.2, 0) is 4.74 Å². The Morgan fingerprint density at radius 3 is 2.75 bits per heavy atom. The number of nitrogens with zero attached hydrogens (tertiary/aromatic N) is 1. The van der Waals surface area contributed by atoms with Gasteiger partial charge in [-0.15, -0.1) is 0 Å². The lowest BCUT2D eigenvalue weighted by molar-refractivity contribution is -0.0734. The second kappa shape index (κ2) is 6.11. The van der Waals surface area contributed by atoms with Crippen molar-refractivity contribution in [3.8, 4) is 0 Å². The molecule has 1 heterocycles. The molecule has 1 aliphatic heterocycles. The van der Waals surface area contributed by atoms with Gasteiger partial charge in [-0.3, -0.25) is 4.79 Å². The van der Waals surface area contributed by atoms with Crippen molar-refractivity contribution in [3.63, 3.8) is 0 Å². The first-order chi connectivity index (χ1) is 9.41. The lowest BCUT2D eigenvalue weighted by atomic mass is 9.93. The Bertz CT molecular complexity index is 501. The number of nitrogens with two attached hydrogens (primary N) is 1. The number of carbonyl (C=O) groups is 1. The van der Waals surface area contributed by atoms with Crippen molar-refractivity contribution in [2.24, 2.45) is 0 Å². The van der Waals surface area contributed by atoms with Gasteiger partial charge < -0.3 is 20.5 Å². The summed E-state index contributed by atoms with van der Waals surface area (Å²) in [7, 11) is 1.68. The third-order valence-corrected chi connectivity index (χ3v) is 4.04. The summed E-state index contributed by atoms with van der Waals surface area (Å²) in [6.45, 7) is 1.34. The van der Waals surface area contributed by atoms with Crippen LogP contribution >= 0.6 is 15.9 Å². The molecule has 1 aromatic rings. The maximum absolute atomic E-state index is 12.4. The predicted octanol–water partition coefficient (Wildman–Crippen LogP) is 1.64. The molecule has 2 rings (SSSR count). The molecule has 3 N–H and O–H groups in total. The normalized spacial score (nSPS) is 17.8. The summed E-state index contributed by atoms with van der Waals surface area (Å²) in [6, 6.07) is 5.16. The first-order valence-corrected chi connectivity index (χ1v) is 7.31. The van der Waals surface area contributed by atoms with Crippen LogP contribution in [0.1, 0.15) is 23.2 Å². The van der Waals surface area contributed by atoms with E-state index >= 15 is 0 Å². The zero-order valence-electron chi connectivity index (χ0n) is 11.4. The van der Waals surface area contributed by atoms with Crippen molar-refractivity contribution in [3.05, 3.63) is 28.2 Å². The highest BCUT2D eigenvalue weighted by atomic mass is 79.9. The third kappa shape index (κ3) is 3.50. The van der Waals surface area contributed by atoms with E-state index in [1.54, 1.807) is 25.2 Å². The quantitative estimate of drug-likeness (QED) is 0.819. The molecule has 5 nitrogen and oxygen atoms in total. The van der Waals surface area contributed by atoms with Crippen LogP contribution in [0.15, 0.2) is 22.7 Å². The molecular weight excluding hydrogens is 324 g/mol. The van der Waals surface area contributed by atoms with E-state index in [2.05, 4.69) is 15.9 Å². The standard InChI is InChI=1S/C14H19BrN2O3/c1-17(9-14(19)4-6-20-7-5-14)13(18)11-3-2-10(15)8-12(11)16/h2-3,8,19H,4-7,9,16H2,1H3. The fourth-order valence-electron chi connectivity index (χ4n) is 2.36. The van der Waals surface area contributed by atoms with Gasteiger partial charge in [-0.25, -0.2) is 0 Å². The van der Waals surface area contributed by atoms with E-state index in [0.717, 1.165) is 4.47 Å². The van der Waals surface area contributed by atoms with Gasteiger partial charge in [0, 0.05) is 49.8 Å². The Morgan fingerprint density at radius 2 is 2.15 bits per heavy atom. The molecule has 0 radical (unpaired) electrons. The third-order valence-electron chi connectivity index (χ3n) is 3.55. The van der Waals surface area contributed by atoms with Crippen LogP contribution in [0, 0.1) is 0 Å². The minimum Gasteiger partial charge on any atom is -0.398 e. The summed E-state index contributed by atoms with van der Waals surface area (Å²) in [6.07, 6.45) is 1.08. The molecule has 1 saturated heterocycles. The fraction of sp³-hybridized carbons (Fsp3) is 0.500. The predicted molar refractivity (Wildman–Crippen MR) is 80.5 cm³/mol. The monoisotopic (exact) mass is 342 g/mol. The number of hydrogen-bond donors (Lipinski definition) is 2. The molecule has 20 heavy (non-hydrogen) atoms. The summed E-state index contributed by atoms with van der Waals surface area (Å²) in [5.41, 5.74) is 5.87. The molecule has 0 unspecified atom stereocenters. The van der Waals surface area contributed by atoms with Crippen molar-refractivity contribution in [2.45, 2.75) is 18.4 Å². The number of hydrogen-bond acceptors (Lipinski definition) is 4. The van der Waals surface area contributed by atoms with Crippen LogP contribution < -0.4 is 5.73 Å². The number of rotatable bonds is 3. The minimum absolute atomic E-state index is 0.185. The van der Waals surface area contributed by atoms with Crippen LogP contribution in [0.2, 0.25) is 0 Å². The number of likely N-dealkylation sites (N-methyl/N-ethyl adjacent to an activating group) is 1. The zero-order valence-corrected chi connectivity index (χ0v) is 13.0. The maximum Gasteiger partial charge on any atom is 0.255 e. The molecule has 0 atom stereocenters. The Morgan fingerprint density at radius 1 is 1.50 bits per heavy atom. The van der Waals surface area contributed by atoms with Crippen molar-refractivity contribution in [2.75, 3.05) is 32.5 Å². The molecule has 1 amide bonds. The molecule has 1 aliphatic rings. The van der Waals surface area contributed by atoms with Gasteiger partial charge in [0.15, 0.2) is 0 Å².